The summed E-state index contributed by atoms with van der Waals surface area (Å²) in [6.07, 6.45) is -1.78. The number of alkyl halides is 2. The number of aliphatic hydroxyl groups excluding tert-OH is 1. The Hall–Kier alpha value is -1.33. The molecule has 1 fully saturated rings. The molecule has 0 aromatic heterocycles. The third-order valence-electron chi connectivity index (χ3n) is 3.28. The Balaban J connectivity index is 2.03. The second kappa shape index (κ2) is 5.54. The zero-order valence-electron chi connectivity index (χ0n) is 9.80. The number of aliphatic hydroxyl groups is 1. The average Bonchev–Trinajstić information content (AvgIpc) is 2.70. The number of carbonyl (C=O) groups is 1. The number of benzene rings is 1. The quantitative estimate of drug-likeness (QED) is 0.833. The van der Waals surface area contributed by atoms with E-state index in [1.165, 1.54) is 12.1 Å². The molecule has 5 heteroatoms. The molecule has 1 unspecified atom stereocenters. The fourth-order valence-electron chi connectivity index (χ4n) is 2.23. The van der Waals surface area contributed by atoms with Gasteiger partial charge in [0.05, 0.1) is 12.1 Å². The van der Waals surface area contributed by atoms with Crippen LogP contribution >= 0.6 is 0 Å². The lowest BCUT2D eigenvalue weighted by Gasteiger charge is -2.21. The molecule has 1 aromatic carbocycles. The van der Waals surface area contributed by atoms with Crippen LogP contribution in [0.15, 0.2) is 24.3 Å². The van der Waals surface area contributed by atoms with Gasteiger partial charge in [-0.2, -0.15) is 0 Å². The molecule has 2 rings (SSSR count). The predicted octanol–water partition coefficient (Wildman–Crippen LogP) is 1.76. The molecule has 1 N–H and O–H groups in total. The van der Waals surface area contributed by atoms with E-state index in [2.05, 4.69) is 0 Å². The van der Waals surface area contributed by atoms with Crippen molar-refractivity contribution in [2.24, 2.45) is 0 Å². The maximum Gasteiger partial charge on any atom is 0.263 e. The lowest BCUT2D eigenvalue weighted by atomic mass is 10.1. The molecule has 0 spiro atoms. The van der Waals surface area contributed by atoms with Crippen molar-refractivity contribution >= 4 is 6.29 Å². The first-order valence-corrected chi connectivity index (χ1v) is 5.86. The average molecular weight is 255 g/mol. The van der Waals surface area contributed by atoms with Crippen molar-refractivity contribution in [2.45, 2.75) is 31.5 Å². The molecule has 2 atom stereocenters. The second-order valence-corrected chi connectivity index (χ2v) is 4.50. The van der Waals surface area contributed by atoms with Crippen molar-refractivity contribution in [3.8, 4) is 0 Å². The molecule has 98 valence electrons. The molecule has 0 aliphatic carbocycles. The van der Waals surface area contributed by atoms with Gasteiger partial charge in [0.25, 0.3) is 6.43 Å². The summed E-state index contributed by atoms with van der Waals surface area (Å²) in [6, 6.07) is 5.56. The molecular weight excluding hydrogens is 240 g/mol. The highest BCUT2D eigenvalue weighted by molar-refractivity contribution is 5.59. The van der Waals surface area contributed by atoms with Gasteiger partial charge in [-0.25, -0.2) is 8.78 Å². The predicted molar refractivity (Wildman–Crippen MR) is 62.3 cm³/mol. The molecule has 0 radical (unpaired) electrons. The van der Waals surface area contributed by atoms with Crippen LogP contribution in [0.2, 0.25) is 0 Å². The zero-order valence-corrected chi connectivity index (χ0v) is 9.80. The Labute approximate surface area is 104 Å². The topological polar surface area (TPSA) is 40.5 Å². The van der Waals surface area contributed by atoms with E-state index in [1.807, 2.05) is 4.90 Å². The van der Waals surface area contributed by atoms with Crippen molar-refractivity contribution in [1.29, 1.82) is 0 Å². The van der Waals surface area contributed by atoms with Crippen LogP contribution in [0.5, 0.6) is 0 Å². The first kappa shape index (κ1) is 13.1. The Bertz CT molecular complexity index is 408. The molecule has 0 bridgehead atoms. The van der Waals surface area contributed by atoms with Crippen LogP contribution in [-0.2, 0) is 11.3 Å². The van der Waals surface area contributed by atoms with E-state index < -0.39 is 18.6 Å². The molecule has 0 saturated carbocycles. The monoisotopic (exact) mass is 255 g/mol. The summed E-state index contributed by atoms with van der Waals surface area (Å²) in [5.41, 5.74) is 0.854. The molecule has 1 aromatic rings. The highest BCUT2D eigenvalue weighted by Crippen LogP contribution is 2.22. The maximum atomic E-state index is 12.4. The Morgan fingerprint density at radius 1 is 1.39 bits per heavy atom. The van der Waals surface area contributed by atoms with Gasteiger partial charge in [0, 0.05) is 18.7 Å². The number of aldehydes is 1. The summed E-state index contributed by atoms with van der Waals surface area (Å²) < 4.78 is 24.8. The largest absolute Gasteiger partial charge is 0.391 e. The number of rotatable bonds is 4. The Morgan fingerprint density at radius 2 is 2.06 bits per heavy atom. The minimum Gasteiger partial charge on any atom is -0.391 e. The molecule has 18 heavy (non-hydrogen) atoms. The number of hydrogen-bond acceptors (Lipinski definition) is 3. The zero-order chi connectivity index (χ0) is 13.1. The van der Waals surface area contributed by atoms with Gasteiger partial charge in [0.15, 0.2) is 0 Å². The van der Waals surface area contributed by atoms with Gasteiger partial charge in [0.2, 0.25) is 0 Å². The second-order valence-electron chi connectivity index (χ2n) is 4.50. The summed E-state index contributed by atoms with van der Waals surface area (Å²) in [5, 5.41) is 9.58. The van der Waals surface area contributed by atoms with Gasteiger partial charge in [0.1, 0.15) is 6.29 Å². The lowest BCUT2D eigenvalue weighted by Crippen LogP contribution is -2.35. The molecule has 1 saturated heterocycles. The van der Waals surface area contributed by atoms with Gasteiger partial charge in [-0.15, -0.1) is 0 Å². The van der Waals surface area contributed by atoms with Gasteiger partial charge >= 0.3 is 0 Å². The number of hydrogen-bond donors (Lipinski definition) is 1. The molecule has 1 aliphatic rings. The van der Waals surface area contributed by atoms with Crippen LogP contribution in [0.25, 0.3) is 0 Å². The molecule has 3 nitrogen and oxygen atoms in total. The van der Waals surface area contributed by atoms with E-state index in [0.29, 0.717) is 19.5 Å². The van der Waals surface area contributed by atoms with Crippen LogP contribution in [0.4, 0.5) is 8.78 Å². The number of nitrogens with zero attached hydrogens (tertiary/aromatic N) is 1. The minimum atomic E-state index is -2.46. The van der Waals surface area contributed by atoms with Crippen molar-refractivity contribution in [2.75, 3.05) is 6.54 Å². The fourth-order valence-corrected chi connectivity index (χ4v) is 2.23. The van der Waals surface area contributed by atoms with Crippen LogP contribution < -0.4 is 0 Å². The van der Waals surface area contributed by atoms with E-state index in [-0.39, 0.29) is 5.56 Å². The van der Waals surface area contributed by atoms with Crippen LogP contribution in [0.3, 0.4) is 0 Å². The van der Waals surface area contributed by atoms with Gasteiger partial charge in [-0.3, -0.25) is 4.90 Å². The summed E-state index contributed by atoms with van der Waals surface area (Å²) in [5.74, 6) is 0. The lowest BCUT2D eigenvalue weighted by molar-refractivity contribution is -0.113. The molecule has 0 amide bonds. The van der Waals surface area contributed by atoms with Crippen LogP contribution in [0, 0.1) is 0 Å². The fraction of sp³-hybridized carbons (Fsp3) is 0.462. The van der Waals surface area contributed by atoms with Crippen LogP contribution in [-0.4, -0.2) is 35.0 Å². The van der Waals surface area contributed by atoms with Gasteiger partial charge in [-0.1, -0.05) is 24.3 Å². The highest BCUT2D eigenvalue weighted by atomic mass is 19.3. The SMILES string of the molecule is O=CC1[C@@H](O)CCN1Cc1ccc(C(F)F)cc1. The van der Waals surface area contributed by atoms with E-state index in [9.17, 15) is 18.7 Å². The third-order valence-corrected chi connectivity index (χ3v) is 3.28. The highest BCUT2D eigenvalue weighted by Gasteiger charge is 2.32. The summed E-state index contributed by atoms with van der Waals surface area (Å²) in [4.78, 5) is 12.7. The Kier molecular flexibility index (Phi) is 4.04. The van der Waals surface area contributed by atoms with Crippen molar-refractivity contribution < 1.29 is 18.7 Å². The van der Waals surface area contributed by atoms with Gasteiger partial charge < -0.3 is 9.90 Å². The summed E-state index contributed by atoms with van der Waals surface area (Å²) in [6.45, 7) is 1.13. The normalized spacial score (nSPS) is 24.7. The molecule has 1 heterocycles. The van der Waals surface area contributed by atoms with E-state index >= 15 is 0 Å². The standard InChI is InChI=1S/C13H15F2NO2/c14-13(15)10-3-1-9(2-4-10)7-16-6-5-12(18)11(16)8-17/h1-4,8,11-13,18H,5-7H2/t11?,12-/m0/s1. The third kappa shape index (κ3) is 2.73. The minimum absolute atomic E-state index is 0.00727. The first-order valence-electron chi connectivity index (χ1n) is 5.86. The van der Waals surface area contributed by atoms with Crippen molar-refractivity contribution in [1.82, 2.24) is 4.90 Å². The number of halogens is 2. The number of likely N-dealkylation sites (tertiary alicyclic amines) is 1. The van der Waals surface area contributed by atoms with E-state index in [1.54, 1.807) is 12.1 Å². The van der Waals surface area contributed by atoms with E-state index in [4.69, 9.17) is 0 Å². The Morgan fingerprint density at radius 3 is 2.61 bits per heavy atom. The smallest absolute Gasteiger partial charge is 0.263 e. The van der Waals surface area contributed by atoms with Crippen LogP contribution in [0.1, 0.15) is 24.0 Å². The summed E-state index contributed by atoms with van der Waals surface area (Å²) in [7, 11) is 0. The maximum absolute atomic E-state index is 12.4. The molecular formula is C13H15F2NO2. The van der Waals surface area contributed by atoms with Crippen molar-refractivity contribution in [3.63, 3.8) is 0 Å². The first-order chi connectivity index (χ1) is 8.61. The van der Waals surface area contributed by atoms with Gasteiger partial charge in [-0.05, 0) is 12.0 Å². The molecule has 1 aliphatic heterocycles. The van der Waals surface area contributed by atoms with E-state index in [0.717, 1.165) is 11.8 Å². The number of carbonyl (C=O) groups excluding carboxylic acids is 1. The van der Waals surface area contributed by atoms with Crippen molar-refractivity contribution in [3.05, 3.63) is 35.4 Å². The summed E-state index contributed by atoms with van der Waals surface area (Å²) >= 11 is 0.